The Morgan fingerprint density at radius 3 is 2.78 bits per heavy atom. The molecule has 2 heterocycles. The Hall–Kier alpha value is -1.63. The average molecular weight is 333 g/mol. The molecule has 0 saturated heterocycles. The van der Waals surface area contributed by atoms with Crippen molar-refractivity contribution in [3.8, 4) is 0 Å². The molecule has 0 aliphatic heterocycles. The van der Waals surface area contributed by atoms with Gasteiger partial charge in [0, 0.05) is 17.4 Å². The van der Waals surface area contributed by atoms with Crippen LogP contribution in [0, 0.1) is 13.8 Å². The molecule has 1 N–H and O–H groups in total. The van der Waals surface area contributed by atoms with Crippen LogP contribution in [-0.4, -0.2) is 36.8 Å². The summed E-state index contributed by atoms with van der Waals surface area (Å²) in [6.45, 7) is 5.82. The van der Waals surface area contributed by atoms with Gasteiger partial charge in [-0.15, -0.1) is 5.10 Å². The van der Waals surface area contributed by atoms with Gasteiger partial charge >= 0.3 is 0 Å². The number of hydrogen-bond acceptors (Lipinski definition) is 5. The zero-order valence-corrected chi connectivity index (χ0v) is 14.7. The predicted octanol–water partition coefficient (Wildman–Crippen LogP) is 2.67. The number of aromatic nitrogens is 4. The van der Waals surface area contributed by atoms with Gasteiger partial charge in [0.2, 0.25) is 11.1 Å². The second-order valence-electron chi connectivity index (χ2n) is 6.25. The summed E-state index contributed by atoms with van der Waals surface area (Å²) in [5.41, 5.74) is 1.91. The lowest BCUT2D eigenvalue weighted by molar-refractivity contribution is -0.121. The summed E-state index contributed by atoms with van der Waals surface area (Å²) in [5, 5.41) is 7.99. The Labute approximate surface area is 140 Å². The topological polar surface area (TPSA) is 72.2 Å². The SMILES string of the molecule is Cc1cc(C)n2nc(S[C@H](C)C(=O)NC3CCCCC3)nc2n1. The van der Waals surface area contributed by atoms with Crippen LogP contribution in [0.5, 0.6) is 0 Å². The van der Waals surface area contributed by atoms with Crippen molar-refractivity contribution >= 4 is 23.4 Å². The molecule has 1 atom stereocenters. The number of thioether (sulfide) groups is 1. The number of aryl methyl sites for hydroxylation is 2. The first-order valence-electron chi connectivity index (χ1n) is 8.21. The summed E-state index contributed by atoms with van der Waals surface area (Å²) in [4.78, 5) is 21.1. The molecule has 0 unspecified atom stereocenters. The van der Waals surface area contributed by atoms with Crippen molar-refractivity contribution in [2.75, 3.05) is 0 Å². The summed E-state index contributed by atoms with van der Waals surface area (Å²) in [5.74, 6) is 0.659. The van der Waals surface area contributed by atoms with Crippen molar-refractivity contribution in [2.45, 2.75) is 69.3 Å². The minimum absolute atomic E-state index is 0.0709. The van der Waals surface area contributed by atoms with Crippen LogP contribution in [0.2, 0.25) is 0 Å². The van der Waals surface area contributed by atoms with E-state index in [1.807, 2.05) is 26.8 Å². The van der Waals surface area contributed by atoms with E-state index in [-0.39, 0.29) is 11.2 Å². The van der Waals surface area contributed by atoms with Gasteiger partial charge in [-0.05, 0) is 39.7 Å². The number of hydrogen-bond donors (Lipinski definition) is 1. The van der Waals surface area contributed by atoms with Crippen molar-refractivity contribution in [2.24, 2.45) is 0 Å². The summed E-state index contributed by atoms with van der Waals surface area (Å²) in [7, 11) is 0. The number of rotatable bonds is 4. The zero-order valence-electron chi connectivity index (χ0n) is 13.9. The number of nitrogens with one attached hydrogen (secondary N) is 1. The van der Waals surface area contributed by atoms with Crippen molar-refractivity contribution < 1.29 is 4.79 Å². The molecule has 1 aliphatic rings. The maximum Gasteiger partial charge on any atom is 0.253 e. The van der Waals surface area contributed by atoms with E-state index in [9.17, 15) is 4.79 Å². The van der Waals surface area contributed by atoms with Crippen LogP contribution in [0.4, 0.5) is 0 Å². The van der Waals surface area contributed by atoms with Crippen molar-refractivity contribution in [3.05, 3.63) is 17.5 Å². The summed E-state index contributed by atoms with van der Waals surface area (Å²) in [6, 6.07) is 2.30. The summed E-state index contributed by atoms with van der Waals surface area (Å²) >= 11 is 1.39. The highest BCUT2D eigenvalue weighted by atomic mass is 32.2. The number of fused-ring (bicyclic) bond motifs is 1. The van der Waals surface area contributed by atoms with Crippen LogP contribution in [0.15, 0.2) is 11.2 Å². The molecule has 7 heteroatoms. The molecule has 1 aliphatic carbocycles. The number of nitrogens with zero attached hydrogens (tertiary/aromatic N) is 4. The molecule has 2 aromatic rings. The molecule has 1 amide bonds. The molecule has 124 valence electrons. The van der Waals surface area contributed by atoms with Crippen LogP contribution < -0.4 is 5.32 Å². The monoisotopic (exact) mass is 333 g/mol. The summed E-state index contributed by atoms with van der Waals surface area (Å²) in [6.07, 6.45) is 5.90. The average Bonchev–Trinajstić information content (AvgIpc) is 2.91. The molecule has 3 rings (SSSR count). The lowest BCUT2D eigenvalue weighted by Gasteiger charge is -2.24. The van der Waals surface area contributed by atoms with Crippen LogP contribution in [0.25, 0.3) is 5.78 Å². The van der Waals surface area contributed by atoms with Crippen molar-refractivity contribution in [1.82, 2.24) is 24.9 Å². The molecule has 6 nitrogen and oxygen atoms in total. The van der Waals surface area contributed by atoms with Crippen LogP contribution in [0.3, 0.4) is 0 Å². The van der Waals surface area contributed by atoms with E-state index in [0.29, 0.717) is 17.0 Å². The first-order valence-corrected chi connectivity index (χ1v) is 9.09. The van der Waals surface area contributed by atoms with Gasteiger partial charge in [0.15, 0.2) is 0 Å². The van der Waals surface area contributed by atoms with Crippen LogP contribution in [0.1, 0.15) is 50.4 Å². The van der Waals surface area contributed by atoms with Gasteiger partial charge in [-0.25, -0.2) is 9.50 Å². The van der Waals surface area contributed by atoms with Gasteiger partial charge in [-0.1, -0.05) is 31.0 Å². The molecular weight excluding hydrogens is 310 g/mol. The quantitative estimate of drug-likeness (QED) is 0.871. The Morgan fingerprint density at radius 1 is 1.30 bits per heavy atom. The fourth-order valence-electron chi connectivity index (χ4n) is 2.97. The Balaban J connectivity index is 1.66. The van der Waals surface area contributed by atoms with Gasteiger partial charge in [-0.3, -0.25) is 4.79 Å². The largest absolute Gasteiger partial charge is 0.352 e. The third-order valence-corrected chi connectivity index (χ3v) is 5.15. The zero-order chi connectivity index (χ0) is 16.4. The third kappa shape index (κ3) is 3.83. The van der Waals surface area contributed by atoms with E-state index in [1.54, 1.807) is 4.52 Å². The molecule has 1 fully saturated rings. The minimum atomic E-state index is -0.212. The first-order chi connectivity index (χ1) is 11.0. The van der Waals surface area contributed by atoms with E-state index < -0.39 is 0 Å². The molecule has 2 aromatic heterocycles. The highest BCUT2D eigenvalue weighted by Gasteiger charge is 2.22. The molecule has 23 heavy (non-hydrogen) atoms. The molecular formula is C16H23N5OS. The predicted molar refractivity (Wildman–Crippen MR) is 90.6 cm³/mol. The van der Waals surface area contributed by atoms with E-state index >= 15 is 0 Å². The molecule has 0 spiro atoms. The maximum atomic E-state index is 12.3. The highest BCUT2D eigenvalue weighted by Crippen LogP contribution is 2.22. The highest BCUT2D eigenvalue weighted by molar-refractivity contribution is 8.00. The second-order valence-corrected chi connectivity index (χ2v) is 7.56. The van der Waals surface area contributed by atoms with Crippen LogP contribution >= 0.6 is 11.8 Å². The fraction of sp³-hybridized carbons (Fsp3) is 0.625. The Bertz CT molecular complexity index is 708. The smallest absolute Gasteiger partial charge is 0.253 e. The van der Waals surface area contributed by atoms with Crippen molar-refractivity contribution in [1.29, 1.82) is 0 Å². The molecule has 1 saturated carbocycles. The number of carbonyl (C=O) groups is 1. The third-order valence-electron chi connectivity index (χ3n) is 4.20. The van der Waals surface area contributed by atoms with Gasteiger partial charge in [-0.2, -0.15) is 4.98 Å². The van der Waals surface area contributed by atoms with Gasteiger partial charge in [0.05, 0.1) is 5.25 Å². The van der Waals surface area contributed by atoms with E-state index in [2.05, 4.69) is 20.4 Å². The van der Waals surface area contributed by atoms with Crippen LogP contribution in [-0.2, 0) is 4.79 Å². The standard InChI is InChI=1S/C16H23N5OS/c1-10-9-11(2)21-15(17-10)19-16(20-21)23-12(3)14(22)18-13-7-5-4-6-8-13/h9,12-13H,4-8H2,1-3H3,(H,18,22)/t12-/m1/s1. The number of carbonyl (C=O) groups excluding carboxylic acids is 1. The number of amides is 1. The van der Waals surface area contributed by atoms with Gasteiger partial charge < -0.3 is 5.32 Å². The second kappa shape index (κ2) is 6.86. The lowest BCUT2D eigenvalue weighted by Crippen LogP contribution is -2.40. The van der Waals surface area contributed by atoms with Gasteiger partial charge in [0.25, 0.3) is 5.78 Å². The normalized spacial score (nSPS) is 17.3. The molecule has 0 aromatic carbocycles. The van der Waals surface area contributed by atoms with Crippen molar-refractivity contribution in [3.63, 3.8) is 0 Å². The molecule has 0 bridgehead atoms. The van der Waals surface area contributed by atoms with E-state index in [4.69, 9.17) is 0 Å². The molecule has 0 radical (unpaired) electrons. The fourth-order valence-corrected chi connectivity index (χ4v) is 3.73. The Morgan fingerprint density at radius 2 is 2.04 bits per heavy atom. The lowest BCUT2D eigenvalue weighted by atomic mass is 9.95. The van der Waals surface area contributed by atoms with Gasteiger partial charge in [0.1, 0.15) is 0 Å². The first kappa shape index (κ1) is 16.2. The van der Waals surface area contributed by atoms with E-state index in [0.717, 1.165) is 24.2 Å². The maximum absolute atomic E-state index is 12.3. The van der Waals surface area contributed by atoms with E-state index in [1.165, 1.54) is 31.0 Å². The Kier molecular flexibility index (Phi) is 4.84. The summed E-state index contributed by atoms with van der Waals surface area (Å²) < 4.78 is 1.72. The minimum Gasteiger partial charge on any atom is -0.352 e.